The third kappa shape index (κ3) is 4.78. The highest BCUT2D eigenvalue weighted by Crippen LogP contribution is 2.30. The zero-order chi connectivity index (χ0) is 20.9. The molecule has 4 rings (SSSR count). The van der Waals surface area contributed by atoms with Crippen molar-refractivity contribution in [2.45, 2.75) is 19.6 Å². The quantitative estimate of drug-likeness (QED) is 0.604. The number of benzene rings is 2. The molecule has 0 radical (unpaired) electrons. The lowest BCUT2D eigenvalue weighted by Crippen LogP contribution is -2.36. The highest BCUT2D eigenvalue weighted by molar-refractivity contribution is 7.12. The van der Waals surface area contributed by atoms with E-state index in [9.17, 15) is 9.59 Å². The fraction of sp³-hybridized carbons (Fsp3) is 0.250. The van der Waals surface area contributed by atoms with Crippen molar-refractivity contribution in [1.29, 1.82) is 0 Å². The van der Waals surface area contributed by atoms with Gasteiger partial charge in [-0.15, -0.1) is 11.3 Å². The summed E-state index contributed by atoms with van der Waals surface area (Å²) in [6.45, 7) is 4.24. The first-order valence-electron chi connectivity index (χ1n) is 9.99. The van der Waals surface area contributed by atoms with Crippen LogP contribution in [0.2, 0.25) is 0 Å². The van der Waals surface area contributed by atoms with Crippen LogP contribution in [-0.4, -0.2) is 36.2 Å². The summed E-state index contributed by atoms with van der Waals surface area (Å²) in [7, 11) is 0. The average Bonchev–Trinajstić information content (AvgIpc) is 3.18. The number of fused-ring (bicyclic) bond motifs is 1. The van der Waals surface area contributed by atoms with Crippen LogP contribution in [0, 0.1) is 0 Å². The minimum absolute atomic E-state index is 0.0192. The number of ketones is 1. The number of thiophene rings is 1. The van der Waals surface area contributed by atoms with Crippen molar-refractivity contribution in [3.05, 3.63) is 87.6 Å². The van der Waals surface area contributed by atoms with Gasteiger partial charge in [-0.1, -0.05) is 48.5 Å². The van der Waals surface area contributed by atoms with Gasteiger partial charge in [-0.05, 0) is 24.6 Å². The number of rotatable bonds is 6. The van der Waals surface area contributed by atoms with Crippen LogP contribution in [0.1, 0.15) is 44.2 Å². The monoisotopic (exact) mass is 420 g/mol. The standard InChI is InChI=1S/C24H24N2O3S/c1-17(27)23-13-20(16-30-23)24(28)25-11-12-26-14-19-9-5-6-10-21(19)29-22(15-26)18-7-3-2-4-8-18/h2-10,13,16,22H,11-12,14-15H2,1H3,(H,25,28)/t22-/m1/s1. The summed E-state index contributed by atoms with van der Waals surface area (Å²) in [5.74, 6) is 0.743. The summed E-state index contributed by atoms with van der Waals surface area (Å²) < 4.78 is 6.34. The molecule has 2 aromatic carbocycles. The molecule has 1 atom stereocenters. The Morgan fingerprint density at radius 1 is 1.13 bits per heavy atom. The van der Waals surface area contributed by atoms with Crippen molar-refractivity contribution in [3.8, 4) is 5.75 Å². The first-order chi connectivity index (χ1) is 14.6. The number of ether oxygens (including phenoxy) is 1. The Balaban J connectivity index is 1.42. The van der Waals surface area contributed by atoms with Gasteiger partial charge >= 0.3 is 0 Å². The smallest absolute Gasteiger partial charge is 0.252 e. The summed E-state index contributed by atoms with van der Waals surface area (Å²) in [5, 5.41) is 4.70. The molecule has 3 aromatic rings. The summed E-state index contributed by atoms with van der Waals surface area (Å²) in [4.78, 5) is 26.8. The van der Waals surface area contributed by atoms with Crippen molar-refractivity contribution >= 4 is 23.0 Å². The maximum Gasteiger partial charge on any atom is 0.252 e. The second kappa shape index (κ2) is 9.24. The molecule has 1 aliphatic heterocycles. The third-order valence-corrected chi connectivity index (χ3v) is 6.18. The number of nitrogens with zero attached hydrogens (tertiary/aromatic N) is 1. The summed E-state index contributed by atoms with van der Waals surface area (Å²) in [6.07, 6.45) is -0.0689. The van der Waals surface area contributed by atoms with Gasteiger partial charge in [0, 0.05) is 37.1 Å². The largest absolute Gasteiger partial charge is 0.484 e. The highest BCUT2D eigenvalue weighted by atomic mass is 32.1. The maximum atomic E-state index is 12.4. The minimum atomic E-state index is -0.148. The lowest BCUT2D eigenvalue weighted by molar-refractivity contribution is 0.0943. The van der Waals surface area contributed by atoms with Crippen LogP contribution >= 0.6 is 11.3 Å². The molecule has 0 saturated carbocycles. The van der Waals surface area contributed by atoms with Crippen LogP contribution in [-0.2, 0) is 6.54 Å². The number of Topliss-reactive ketones (excluding diaryl/α,β-unsaturated/α-hetero) is 1. The molecule has 1 N–H and O–H groups in total. The predicted molar refractivity (Wildman–Crippen MR) is 118 cm³/mol. The van der Waals surface area contributed by atoms with E-state index < -0.39 is 0 Å². The number of amides is 1. The first kappa shape index (κ1) is 20.3. The van der Waals surface area contributed by atoms with Crippen molar-refractivity contribution < 1.29 is 14.3 Å². The Kier molecular flexibility index (Phi) is 6.26. The van der Waals surface area contributed by atoms with Crippen LogP contribution in [0.15, 0.2) is 66.0 Å². The number of carbonyl (C=O) groups excluding carboxylic acids is 2. The molecular weight excluding hydrogens is 396 g/mol. The second-order valence-electron chi connectivity index (χ2n) is 7.37. The molecule has 0 unspecified atom stereocenters. The molecule has 5 nitrogen and oxygen atoms in total. The van der Waals surface area contributed by atoms with Crippen molar-refractivity contribution in [1.82, 2.24) is 10.2 Å². The van der Waals surface area contributed by atoms with Crippen molar-refractivity contribution in [2.75, 3.05) is 19.6 Å². The summed E-state index contributed by atoms with van der Waals surface area (Å²) >= 11 is 1.30. The van der Waals surface area contributed by atoms with Gasteiger partial charge < -0.3 is 10.1 Å². The fourth-order valence-electron chi connectivity index (χ4n) is 3.56. The average molecular weight is 421 g/mol. The molecule has 0 aliphatic carbocycles. The Hall–Kier alpha value is -2.96. The first-order valence-corrected chi connectivity index (χ1v) is 10.9. The SMILES string of the molecule is CC(=O)c1cc(C(=O)NCCN2Cc3ccccc3O[C@@H](c3ccccc3)C2)cs1. The van der Waals surface area contributed by atoms with Gasteiger partial charge in [-0.3, -0.25) is 14.5 Å². The minimum Gasteiger partial charge on any atom is -0.484 e. The maximum absolute atomic E-state index is 12.4. The Labute approximate surface area is 180 Å². The molecule has 1 amide bonds. The molecule has 154 valence electrons. The van der Waals surface area contributed by atoms with Crippen LogP contribution in [0.4, 0.5) is 0 Å². The normalized spacial score (nSPS) is 16.2. The summed E-state index contributed by atoms with van der Waals surface area (Å²) in [6, 6.07) is 20.0. The van der Waals surface area contributed by atoms with E-state index in [4.69, 9.17) is 4.74 Å². The van der Waals surface area contributed by atoms with E-state index in [1.165, 1.54) is 18.3 Å². The molecular formula is C24H24N2O3S. The lowest BCUT2D eigenvalue weighted by atomic mass is 10.1. The lowest BCUT2D eigenvalue weighted by Gasteiger charge is -2.24. The van der Waals surface area contributed by atoms with Gasteiger partial charge in [-0.25, -0.2) is 0 Å². The van der Waals surface area contributed by atoms with Gasteiger partial charge in [-0.2, -0.15) is 0 Å². The molecule has 0 fully saturated rings. The van der Waals surface area contributed by atoms with E-state index in [2.05, 4.69) is 28.4 Å². The van der Waals surface area contributed by atoms with E-state index in [1.54, 1.807) is 11.4 Å². The van der Waals surface area contributed by atoms with Gasteiger partial charge in [0.1, 0.15) is 11.9 Å². The van der Waals surface area contributed by atoms with Crippen molar-refractivity contribution in [2.24, 2.45) is 0 Å². The Bertz CT molecular complexity index is 1030. The van der Waals surface area contributed by atoms with Crippen molar-refractivity contribution in [3.63, 3.8) is 0 Å². The third-order valence-electron chi connectivity index (χ3n) is 5.15. The predicted octanol–water partition coefficient (Wildman–Crippen LogP) is 4.32. The number of hydrogen-bond donors (Lipinski definition) is 1. The van der Waals surface area contributed by atoms with E-state index in [0.29, 0.717) is 23.5 Å². The molecule has 1 aliphatic rings. The fourth-order valence-corrected chi connectivity index (χ4v) is 4.35. The van der Waals surface area contributed by atoms with Gasteiger partial charge in [0.25, 0.3) is 5.91 Å². The molecule has 0 saturated heterocycles. The van der Waals surface area contributed by atoms with E-state index >= 15 is 0 Å². The Morgan fingerprint density at radius 3 is 2.67 bits per heavy atom. The van der Waals surface area contributed by atoms with E-state index in [1.807, 2.05) is 36.4 Å². The Morgan fingerprint density at radius 2 is 1.90 bits per heavy atom. The molecule has 0 bridgehead atoms. The molecule has 6 heteroatoms. The van der Waals surface area contributed by atoms with Crippen LogP contribution < -0.4 is 10.1 Å². The van der Waals surface area contributed by atoms with Crippen LogP contribution in [0.25, 0.3) is 0 Å². The van der Waals surface area contributed by atoms with Gasteiger partial charge in [0.15, 0.2) is 5.78 Å². The molecule has 0 spiro atoms. The van der Waals surface area contributed by atoms with Crippen LogP contribution in [0.3, 0.4) is 0 Å². The van der Waals surface area contributed by atoms with Gasteiger partial charge in [0.05, 0.1) is 10.4 Å². The highest BCUT2D eigenvalue weighted by Gasteiger charge is 2.24. The number of para-hydroxylation sites is 1. The number of hydrogen-bond acceptors (Lipinski definition) is 5. The zero-order valence-corrected chi connectivity index (χ0v) is 17.7. The second-order valence-corrected chi connectivity index (χ2v) is 8.28. The topological polar surface area (TPSA) is 58.6 Å². The molecule has 1 aromatic heterocycles. The number of carbonyl (C=O) groups is 2. The molecule has 2 heterocycles. The number of nitrogens with one attached hydrogen (secondary N) is 1. The van der Waals surface area contributed by atoms with E-state index in [-0.39, 0.29) is 17.8 Å². The van der Waals surface area contributed by atoms with Crippen LogP contribution in [0.5, 0.6) is 5.75 Å². The van der Waals surface area contributed by atoms with E-state index in [0.717, 1.165) is 30.0 Å². The molecule has 30 heavy (non-hydrogen) atoms. The van der Waals surface area contributed by atoms with Gasteiger partial charge in [0.2, 0.25) is 0 Å². The zero-order valence-electron chi connectivity index (χ0n) is 16.8. The summed E-state index contributed by atoms with van der Waals surface area (Å²) in [5.41, 5.74) is 2.82.